The van der Waals surface area contributed by atoms with E-state index in [0.29, 0.717) is 17.7 Å². The van der Waals surface area contributed by atoms with Gasteiger partial charge in [-0.1, -0.05) is 30.3 Å². The lowest BCUT2D eigenvalue weighted by Crippen LogP contribution is -2.39. The van der Waals surface area contributed by atoms with Crippen molar-refractivity contribution in [2.24, 2.45) is 0 Å². The lowest BCUT2D eigenvalue weighted by molar-refractivity contribution is 0.414. The molecule has 2 heterocycles. The number of hydrogen-bond donors (Lipinski definition) is 0. The first-order valence-corrected chi connectivity index (χ1v) is 9.44. The summed E-state index contributed by atoms with van der Waals surface area (Å²) in [5.41, 5.74) is 2.72. The Kier molecular flexibility index (Phi) is 4.80. The van der Waals surface area contributed by atoms with Crippen LogP contribution in [0.2, 0.25) is 0 Å². The second-order valence-electron chi connectivity index (χ2n) is 6.85. The molecule has 4 aromatic rings. The molecule has 0 saturated heterocycles. The molecule has 0 radical (unpaired) electrons. The lowest BCUT2D eigenvalue weighted by atomic mass is 10.2. The average Bonchev–Trinajstić information content (AvgIpc) is 3.14. The van der Waals surface area contributed by atoms with Crippen LogP contribution in [0.25, 0.3) is 16.9 Å². The monoisotopic (exact) mass is 390 g/mol. The smallest absolute Gasteiger partial charge is 0.337 e. The van der Waals surface area contributed by atoms with Crippen LogP contribution in [0.5, 0.6) is 5.75 Å². The molecule has 0 aliphatic heterocycles. The molecule has 0 aliphatic rings. The van der Waals surface area contributed by atoms with Gasteiger partial charge in [0.05, 0.1) is 19.1 Å². The zero-order valence-electron chi connectivity index (χ0n) is 16.6. The highest BCUT2D eigenvalue weighted by molar-refractivity contribution is 5.73. The lowest BCUT2D eigenvalue weighted by Gasteiger charge is -2.13. The molecule has 0 aliphatic carbocycles. The molecule has 2 aromatic heterocycles. The number of imidazole rings is 1. The fourth-order valence-corrected chi connectivity index (χ4v) is 3.54. The highest BCUT2D eigenvalue weighted by Crippen LogP contribution is 2.18. The average molecular weight is 390 g/mol. The fraction of sp³-hybridized carbons (Fsp3) is 0.227. The molecule has 0 spiro atoms. The van der Waals surface area contributed by atoms with Crippen molar-refractivity contribution in [3.8, 4) is 11.4 Å². The van der Waals surface area contributed by atoms with Crippen LogP contribution < -0.4 is 16.0 Å². The maximum Gasteiger partial charge on any atom is 0.337 e. The third-order valence-corrected chi connectivity index (χ3v) is 5.08. The summed E-state index contributed by atoms with van der Waals surface area (Å²) in [6.45, 7) is 4.48. The van der Waals surface area contributed by atoms with Crippen LogP contribution in [-0.2, 0) is 13.1 Å². The van der Waals surface area contributed by atoms with Crippen molar-refractivity contribution < 1.29 is 4.74 Å². The molecule has 0 bridgehead atoms. The van der Waals surface area contributed by atoms with E-state index in [9.17, 15) is 9.59 Å². The Morgan fingerprint density at radius 1 is 1.03 bits per heavy atom. The summed E-state index contributed by atoms with van der Waals surface area (Å²) in [6, 6.07) is 15.2. The Morgan fingerprint density at radius 2 is 1.76 bits per heavy atom. The quantitative estimate of drug-likeness (QED) is 0.525. The summed E-state index contributed by atoms with van der Waals surface area (Å²) < 4.78 is 9.77. The van der Waals surface area contributed by atoms with Crippen molar-refractivity contribution in [3.63, 3.8) is 0 Å². The predicted molar refractivity (Wildman–Crippen MR) is 112 cm³/mol. The Morgan fingerprint density at radius 3 is 2.41 bits per heavy atom. The number of nitrogens with zero attached hydrogens (tertiary/aromatic N) is 4. The summed E-state index contributed by atoms with van der Waals surface area (Å²) in [6.07, 6.45) is 1.62. The van der Waals surface area contributed by atoms with E-state index in [1.165, 1.54) is 9.13 Å². The highest BCUT2D eigenvalue weighted by atomic mass is 16.5. The molecule has 148 valence electrons. The first-order chi connectivity index (χ1) is 14.0. The van der Waals surface area contributed by atoms with Crippen molar-refractivity contribution in [3.05, 3.63) is 86.8 Å². The molecule has 7 heteroatoms. The molecule has 0 unspecified atom stereocenters. The van der Waals surface area contributed by atoms with E-state index in [1.807, 2.05) is 55.5 Å². The molecule has 0 amide bonds. The Hall–Kier alpha value is -3.61. The van der Waals surface area contributed by atoms with Gasteiger partial charge >= 0.3 is 5.69 Å². The predicted octanol–water partition coefficient (Wildman–Crippen LogP) is 2.73. The molecule has 0 atom stereocenters. The van der Waals surface area contributed by atoms with E-state index in [-0.39, 0.29) is 17.8 Å². The third kappa shape index (κ3) is 3.14. The number of aryl methyl sites for hydroxylation is 1. The number of para-hydroxylation sites is 1. The van der Waals surface area contributed by atoms with E-state index in [1.54, 1.807) is 24.9 Å². The van der Waals surface area contributed by atoms with Gasteiger partial charge in [0, 0.05) is 13.1 Å². The summed E-state index contributed by atoms with van der Waals surface area (Å²) in [5.74, 6) is 0.769. The van der Waals surface area contributed by atoms with Gasteiger partial charge in [0.2, 0.25) is 0 Å². The standard InChI is InChI=1S/C22H22N4O3/c1-4-25-21(27)19-20(26(22(25)28)18-8-6-5-7-15(18)2)23-14-24(19)13-16-9-11-17(29-3)12-10-16/h5-12,14H,4,13H2,1-3H3. The number of benzene rings is 2. The first-order valence-electron chi connectivity index (χ1n) is 9.44. The van der Waals surface area contributed by atoms with Crippen molar-refractivity contribution in [1.82, 2.24) is 18.7 Å². The SMILES string of the molecule is CCn1c(=O)c2c(ncn2Cc2ccc(OC)cc2)n(-c2ccccc2C)c1=O. The molecule has 29 heavy (non-hydrogen) atoms. The van der Waals surface area contributed by atoms with Crippen LogP contribution in [0, 0.1) is 6.92 Å². The molecule has 0 fully saturated rings. The number of aromatic nitrogens is 4. The minimum atomic E-state index is -0.381. The molecule has 0 saturated carbocycles. The number of hydrogen-bond acceptors (Lipinski definition) is 4. The van der Waals surface area contributed by atoms with E-state index < -0.39 is 0 Å². The topological polar surface area (TPSA) is 71.0 Å². The van der Waals surface area contributed by atoms with Gasteiger partial charge in [-0.15, -0.1) is 0 Å². The maximum absolute atomic E-state index is 13.1. The number of rotatable bonds is 5. The summed E-state index contributed by atoms with van der Waals surface area (Å²) in [7, 11) is 1.62. The van der Waals surface area contributed by atoms with Crippen molar-refractivity contribution in [2.45, 2.75) is 26.9 Å². The van der Waals surface area contributed by atoms with E-state index in [4.69, 9.17) is 4.74 Å². The first kappa shape index (κ1) is 18.7. The Labute approximate surface area is 167 Å². The van der Waals surface area contributed by atoms with Crippen LogP contribution in [0.15, 0.2) is 64.4 Å². The van der Waals surface area contributed by atoms with Crippen molar-refractivity contribution in [1.29, 1.82) is 0 Å². The maximum atomic E-state index is 13.1. The van der Waals surface area contributed by atoms with Crippen molar-refractivity contribution >= 4 is 11.2 Å². The normalized spacial score (nSPS) is 11.1. The van der Waals surface area contributed by atoms with Gasteiger partial charge in [0.1, 0.15) is 5.75 Å². The molecule has 4 rings (SSSR count). The summed E-state index contributed by atoms with van der Waals surface area (Å²) >= 11 is 0. The van der Waals surface area contributed by atoms with Gasteiger partial charge in [-0.3, -0.25) is 9.36 Å². The van der Waals surface area contributed by atoms with Crippen LogP contribution in [-0.4, -0.2) is 25.8 Å². The number of fused-ring (bicyclic) bond motifs is 1. The van der Waals surface area contributed by atoms with Crippen LogP contribution in [0.4, 0.5) is 0 Å². The second kappa shape index (κ2) is 7.43. The van der Waals surface area contributed by atoms with Gasteiger partial charge < -0.3 is 9.30 Å². The Balaban J connectivity index is 1.95. The summed E-state index contributed by atoms with van der Waals surface area (Å²) in [4.78, 5) is 30.6. The largest absolute Gasteiger partial charge is 0.497 e. The zero-order valence-corrected chi connectivity index (χ0v) is 16.6. The van der Waals surface area contributed by atoms with E-state index in [0.717, 1.165) is 22.6 Å². The highest BCUT2D eigenvalue weighted by Gasteiger charge is 2.19. The number of ether oxygens (including phenoxy) is 1. The van der Waals surface area contributed by atoms with E-state index in [2.05, 4.69) is 4.98 Å². The van der Waals surface area contributed by atoms with Crippen LogP contribution >= 0.6 is 0 Å². The molecule has 2 aromatic carbocycles. The molecule has 7 nitrogen and oxygen atoms in total. The van der Waals surface area contributed by atoms with Gasteiger partial charge in [-0.25, -0.2) is 14.3 Å². The van der Waals surface area contributed by atoms with E-state index >= 15 is 0 Å². The van der Waals surface area contributed by atoms with Crippen molar-refractivity contribution in [2.75, 3.05) is 7.11 Å². The zero-order chi connectivity index (χ0) is 20.5. The minimum absolute atomic E-state index is 0.285. The fourth-order valence-electron chi connectivity index (χ4n) is 3.54. The third-order valence-electron chi connectivity index (χ3n) is 5.08. The minimum Gasteiger partial charge on any atom is -0.497 e. The second-order valence-corrected chi connectivity index (χ2v) is 6.85. The summed E-state index contributed by atoms with van der Waals surface area (Å²) in [5, 5.41) is 0. The van der Waals surface area contributed by atoms with Crippen LogP contribution in [0.3, 0.4) is 0 Å². The van der Waals surface area contributed by atoms with Gasteiger partial charge in [0.15, 0.2) is 11.2 Å². The van der Waals surface area contributed by atoms with Gasteiger partial charge in [-0.2, -0.15) is 0 Å². The Bertz CT molecular complexity index is 1300. The van der Waals surface area contributed by atoms with Crippen LogP contribution in [0.1, 0.15) is 18.1 Å². The molecular weight excluding hydrogens is 368 g/mol. The number of methoxy groups -OCH3 is 1. The molecule has 0 N–H and O–H groups in total. The molecular formula is C22H22N4O3. The van der Waals surface area contributed by atoms with Gasteiger partial charge in [-0.05, 0) is 43.2 Å². The van der Waals surface area contributed by atoms with Gasteiger partial charge in [0.25, 0.3) is 5.56 Å².